The van der Waals surface area contributed by atoms with Crippen LogP contribution in [0.4, 0.5) is 0 Å². The molecule has 0 heterocycles. The van der Waals surface area contributed by atoms with Crippen molar-refractivity contribution in [2.45, 2.75) is 39.2 Å². The van der Waals surface area contributed by atoms with Crippen LogP contribution in [0.25, 0.3) is 0 Å². The maximum Gasteiger partial charge on any atom is 0.306 e. The number of nitrogens with zero attached hydrogens (tertiary/aromatic N) is 2. The van der Waals surface area contributed by atoms with Crippen molar-refractivity contribution in [2.24, 2.45) is 0 Å². The lowest BCUT2D eigenvalue weighted by atomic mass is 10.0. The van der Waals surface area contributed by atoms with E-state index in [9.17, 15) is 13.2 Å². The molecule has 0 saturated carbocycles. The SMILES string of the molecule is CCC(C)(C)N(C)S(=O)(=O)N(C)CCC(=O)OC. The van der Waals surface area contributed by atoms with Crippen LogP contribution in [-0.4, -0.2) is 56.3 Å². The molecule has 0 aliphatic heterocycles. The van der Waals surface area contributed by atoms with Crippen molar-refractivity contribution >= 4 is 16.2 Å². The molecular weight excluding hydrogens is 256 g/mol. The predicted molar refractivity (Wildman–Crippen MR) is 70.3 cm³/mol. The van der Waals surface area contributed by atoms with Crippen molar-refractivity contribution in [3.05, 3.63) is 0 Å². The van der Waals surface area contributed by atoms with Gasteiger partial charge in [-0.1, -0.05) is 6.92 Å². The van der Waals surface area contributed by atoms with Crippen molar-refractivity contribution in [3.63, 3.8) is 0 Å². The van der Waals surface area contributed by atoms with E-state index in [1.54, 1.807) is 7.05 Å². The summed E-state index contributed by atoms with van der Waals surface area (Å²) in [6.07, 6.45) is 0.750. The number of hydrogen-bond donors (Lipinski definition) is 0. The fraction of sp³-hybridized carbons (Fsp3) is 0.909. The lowest BCUT2D eigenvalue weighted by molar-refractivity contribution is -0.140. The van der Waals surface area contributed by atoms with Gasteiger partial charge >= 0.3 is 5.97 Å². The first-order chi connectivity index (χ1) is 8.09. The molecule has 0 amide bonds. The predicted octanol–water partition coefficient (Wildman–Crippen LogP) is 0.847. The van der Waals surface area contributed by atoms with Gasteiger partial charge in [0.15, 0.2) is 0 Å². The molecule has 0 bridgehead atoms. The van der Waals surface area contributed by atoms with Crippen LogP contribution in [-0.2, 0) is 19.7 Å². The Kier molecular flexibility index (Phi) is 6.25. The highest BCUT2D eigenvalue weighted by Crippen LogP contribution is 2.21. The Morgan fingerprint density at radius 2 is 1.78 bits per heavy atom. The van der Waals surface area contributed by atoms with Gasteiger partial charge in [-0.25, -0.2) is 0 Å². The molecular formula is C11H24N2O4S. The number of methoxy groups -OCH3 is 1. The molecule has 0 N–H and O–H groups in total. The average Bonchev–Trinajstić information content (AvgIpc) is 2.33. The second-order valence-corrected chi connectivity index (χ2v) is 6.86. The molecule has 0 aliphatic rings. The number of carbonyl (C=O) groups excluding carboxylic acids is 1. The van der Waals surface area contributed by atoms with E-state index in [0.717, 1.165) is 0 Å². The average molecular weight is 280 g/mol. The standard InChI is InChI=1S/C11H24N2O4S/c1-7-11(2,3)13(5)18(15,16)12(4)9-8-10(14)17-6/h7-9H2,1-6H3. The maximum absolute atomic E-state index is 12.2. The summed E-state index contributed by atoms with van der Waals surface area (Å²) in [4.78, 5) is 11.0. The summed E-state index contributed by atoms with van der Waals surface area (Å²) in [5.41, 5.74) is -0.460. The molecule has 18 heavy (non-hydrogen) atoms. The first kappa shape index (κ1) is 17.3. The third-order valence-corrected chi connectivity index (χ3v) is 5.47. The summed E-state index contributed by atoms with van der Waals surface area (Å²) in [5, 5.41) is 0. The Labute approximate surface area is 110 Å². The van der Waals surface area contributed by atoms with Crippen LogP contribution in [0, 0.1) is 0 Å². The summed E-state index contributed by atoms with van der Waals surface area (Å²) < 4.78 is 31.5. The van der Waals surface area contributed by atoms with E-state index in [-0.39, 0.29) is 13.0 Å². The third-order valence-electron chi connectivity index (χ3n) is 3.32. The minimum absolute atomic E-state index is 0.0482. The van der Waals surface area contributed by atoms with Gasteiger partial charge in [0.1, 0.15) is 0 Å². The highest BCUT2D eigenvalue weighted by atomic mass is 32.2. The first-order valence-electron chi connectivity index (χ1n) is 5.86. The zero-order chi connectivity index (χ0) is 14.6. The number of hydrogen-bond acceptors (Lipinski definition) is 4. The van der Waals surface area contributed by atoms with Gasteiger partial charge in [-0.2, -0.15) is 17.0 Å². The van der Waals surface area contributed by atoms with E-state index in [4.69, 9.17) is 0 Å². The summed E-state index contributed by atoms with van der Waals surface area (Å²) >= 11 is 0. The fourth-order valence-corrected chi connectivity index (χ4v) is 2.70. The number of ether oxygens (including phenoxy) is 1. The fourth-order valence-electron chi connectivity index (χ4n) is 1.21. The van der Waals surface area contributed by atoms with Crippen molar-refractivity contribution in [1.29, 1.82) is 0 Å². The van der Waals surface area contributed by atoms with Crippen LogP contribution >= 0.6 is 0 Å². The molecule has 0 aliphatic carbocycles. The smallest absolute Gasteiger partial charge is 0.306 e. The first-order valence-corrected chi connectivity index (χ1v) is 7.26. The lowest BCUT2D eigenvalue weighted by Gasteiger charge is -2.36. The second-order valence-electron chi connectivity index (χ2n) is 4.79. The third kappa shape index (κ3) is 4.22. The molecule has 0 radical (unpaired) electrons. The molecule has 0 saturated heterocycles. The molecule has 0 aromatic heterocycles. The second kappa shape index (κ2) is 6.49. The van der Waals surface area contributed by atoms with Gasteiger partial charge in [-0.3, -0.25) is 4.79 Å². The van der Waals surface area contributed by atoms with Crippen LogP contribution in [0.1, 0.15) is 33.6 Å². The van der Waals surface area contributed by atoms with Crippen LogP contribution < -0.4 is 0 Å². The van der Waals surface area contributed by atoms with Gasteiger partial charge in [0.2, 0.25) is 0 Å². The van der Waals surface area contributed by atoms with Gasteiger partial charge < -0.3 is 4.74 Å². The Balaban J connectivity index is 4.77. The Morgan fingerprint density at radius 1 is 1.28 bits per heavy atom. The highest BCUT2D eigenvalue weighted by molar-refractivity contribution is 7.86. The zero-order valence-corrected chi connectivity index (χ0v) is 12.9. The van der Waals surface area contributed by atoms with Gasteiger partial charge in [-0.15, -0.1) is 0 Å². The summed E-state index contributed by atoms with van der Waals surface area (Å²) in [6, 6.07) is 0. The Morgan fingerprint density at radius 3 is 2.17 bits per heavy atom. The van der Waals surface area contributed by atoms with Crippen LogP contribution in [0.2, 0.25) is 0 Å². The molecule has 6 nitrogen and oxygen atoms in total. The van der Waals surface area contributed by atoms with E-state index in [1.807, 2.05) is 20.8 Å². The number of rotatable bonds is 7. The van der Waals surface area contributed by atoms with E-state index < -0.39 is 21.7 Å². The van der Waals surface area contributed by atoms with Gasteiger partial charge in [-0.05, 0) is 20.3 Å². The normalized spacial score (nSPS) is 13.1. The largest absolute Gasteiger partial charge is 0.469 e. The summed E-state index contributed by atoms with van der Waals surface area (Å²) in [6.45, 7) is 5.76. The quantitative estimate of drug-likeness (QED) is 0.648. The molecule has 108 valence electrons. The molecule has 7 heteroatoms. The maximum atomic E-state index is 12.2. The summed E-state index contributed by atoms with van der Waals surface area (Å²) in [7, 11) is 0.735. The van der Waals surface area contributed by atoms with Gasteiger partial charge in [0.25, 0.3) is 10.2 Å². The zero-order valence-electron chi connectivity index (χ0n) is 12.1. The van der Waals surface area contributed by atoms with E-state index in [0.29, 0.717) is 6.42 Å². The molecule has 0 fully saturated rings. The Bertz CT molecular complexity index is 379. The monoisotopic (exact) mass is 280 g/mol. The topological polar surface area (TPSA) is 66.9 Å². The minimum atomic E-state index is -3.55. The van der Waals surface area contributed by atoms with Gasteiger partial charge in [0.05, 0.1) is 13.5 Å². The minimum Gasteiger partial charge on any atom is -0.469 e. The molecule has 0 rings (SSSR count). The van der Waals surface area contributed by atoms with E-state index >= 15 is 0 Å². The summed E-state index contributed by atoms with van der Waals surface area (Å²) in [5.74, 6) is -0.422. The Hall–Kier alpha value is -0.660. The van der Waals surface area contributed by atoms with Crippen LogP contribution in [0.5, 0.6) is 0 Å². The lowest BCUT2D eigenvalue weighted by Crippen LogP contribution is -2.50. The molecule has 0 unspecified atom stereocenters. The van der Waals surface area contributed by atoms with Crippen LogP contribution in [0.3, 0.4) is 0 Å². The van der Waals surface area contributed by atoms with E-state index in [2.05, 4.69) is 4.74 Å². The molecule has 0 spiro atoms. The number of esters is 1. The molecule has 0 aromatic carbocycles. The van der Waals surface area contributed by atoms with Crippen molar-refractivity contribution in [1.82, 2.24) is 8.61 Å². The van der Waals surface area contributed by atoms with Gasteiger partial charge in [0, 0.05) is 26.2 Å². The van der Waals surface area contributed by atoms with Crippen molar-refractivity contribution < 1.29 is 17.9 Å². The van der Waals surface area contributed by atoms with Crippen LogP contribution in [0.15, 0.2) is 0 Å². The molecule has 0 atom stereocenters. The van der Waals surface area contributed by atoms with Crippen molar-refractivity contribution in [2.75, 3.05) is 27.7 Å². The van der Waals surface area contributed by atoms with Crippen molar-refractivity contribution in [3.8, 4) is 0 Å². The number of carbonyl (C=O) groups is 1. The van der Waals surface area contributed by atoms with E-state index in [1.165, 1.54) is 22.8 Å². The highest BCUT2D eigenvalue weighted by Gasteiger charge is 2.34. The molecule has 0 aromatic rings.